The molecule has 0 spiro atoms. The fourth-order valence-corrected chi connectivity index (χ4v) is 4.00. The second-order valence-corrected chi connectivity index (χ2v) is 7.28. The van der Waals surface area contributed by atoms with E-state index in [0.717, 1.165) is 50.3 Å². The van der Waals surface area contributed by atoms with E-state index in [1.54, 1.807) is 0 Å². The molecule has 3 unspecified atom stereocenters. The van der Waals surface area contributed by atoms with E-state index >= 15 is 0 Å². The summed E-state index contributed by atoms with van der Waals surface area (Å²) in [5, 5.41) is 0. The average molecular weight is 331 g/mol. The molecule has 0 aliphatic carbocycles. The van der Waals surface area contributed by atoms with E-state index in [9.17, 15) is 4.79 Å². The summed E-state index contributed by atoms with van der Waals surface area (Å²) in [7, 11) is 0. The molecule has 1 amide bonds. The lowest BCUT2D eigenvalue weighted by Gasteiger charge is -2.38. The fraction of sp³-hybridized carbons (Fsp3) is 0.632. The lowest BCUT2D eigenvalue weighted by molar-refractivity contribution is -0.132. The van der Waals surface area contributed by atoms with Gasteiger partial charge in [0.1, 0.15) is 0 Å². The zero-order valence-corrected chi connectivity index (χ0v) is 14.8. The van der Waals surface area contributed by atoms with Crippen molar-refractivity contribution < 1.29 is 9.53 Å². The van der Waals surface area contributed by atoms with Gasteiger partial charge in [-0.05, 0) is 44.4 Å². The summed E-state index contributed by atoms with van der Waals surface area (Å²) in [5.74, 6) is 0.233. The minimum atomic E-state index is 0.233. The van der Waals surface area contributed by atoms with Crippen molar-refractivity contribution in [1.29, 1.82) is 0 Å². The van der Waals surface area contributed by atoms with E-state index in [-0.39, 0.29) is 18.1 Å². The monoisotopic (exact) mass is 331 g/mol. The summed E-state index contributed by atoms with van der Waals surface area (Å²) in [4.78, 5) is 17.3. The largest absolute Gasteiger partial charge is 0.399 e. The molecule has 2 N–H and O–H groups in total. The number of likely N-dealkylation sites (tertiary alicyclic amines) is 1. The predicted molar refractivity (Wildman–Crippen MR) is 95.7 cm³/mol. The van der Waals surface area contributed by atoms with Gasteiger partial charge in [-0.25, -0.2) is 0 Å². The molecule has 0 aromatic heterocycles. The minimum absolute atomic E-state index is 0.233. The molecule has 132 valence electrons. The first-order chi connectivity index (χ1) is 11.5. The number of amides is 1. The van der Waals surface area contributed by atoms with E-state index in [0.29, 0.717) is 12.5 Å². The van der Waals surface area contributed by atoms with Gasteiger partial charge in [0.05, 0.1) is 18.6 Å². The van der Waals surface area contributed by atoms with Crippen molar-refractivity contribution in [3.05, 3.63) is 29.8 Å². The summed E-state index contributed by atoms with van der Waals surface area (Å²) in [6.07, 6.45) is 3.22. The summed E-state index contributed by atoms with van der Waals surface area (Å²) in [6, 6.07) is 7.96. The molecule has 24 heavy (non-hydrogen) atoms. The maximum Gasteiger partial charge on any atom is 0.227 e. The second-order valence-electron chi connectivity index (χ2n) is 7.28. The molecule has 5 nitrogen and oxygen atoms in total. The third-order valence-corrected chi connectivity index (χ3v) is 5.00. The third kappa shape index (κ3) is 4.28. The lowest BCUT2D eigenvalue weighted by Crippen LogP contribution is -2.51. The maximum atomic E-state index is 12.7. The highest BCUT2D eigenvalue weighted by Crippen LogP contribution is 2.22. The second kappa shape index (κ2) is 7.53. The SMILES string of the molecule is CC1CN(CC2CCCN2C(=O)Cc2ccc(N)cc2)CC(C)O1. The van der Waals surface area contributed by atoms with Crippen molar-refractivity contribution in [2.24, 2.45) is 0 Å². The van der Waals surface area contributed by atoms with Crippen LogP contribution in [0, 0.1) is 0 Å². The van der Waals surface area contributed by atoms with E-state index in [1.807, 2.05) is 24.3 Å². The van der Waals surface area contributed by atoms with Crippen molar-refractivity contribution in [2.45, 2.75) is 51.4 Å². The van der Waals surface area contributed by atoms with Crippen LogP contribution >= 0.6 is 0 Å². The Balaban J connectivity index is 1.58. The highest BCUT2D eigenvalue weighted by atomic mass is 16.5. The number of nitrogens with two attached hydrogens (primary N) is 1. The average Bonchev–Trinajstić information content (AvgIpc) is 2.96. The van der Waals surface area contributed by atoms with Gasteiger partial charge >= 0.3 is 0 Å². The zero-order chi connectivity index (χ0) is 17.1. The number of hydrogen-bond donors (Lipinski definition) is 1. The molecule has 2 aliphatic rings. The molecule has 5 heteroatoms. The van der Waals surface area contributed by atoms with Gasteiger partial charge in [-0.15, -0.1) is 0 Å². The molecule has 2 heterocycles. The Morgan fingerprint density at radius 3 is 2.54 bits per heavy atom. The molecule has 0 radical (unpaired) electrons. The van der Waals surface area contributed by atoms with Crippen LogP contribution in [-0.2, 0) is 16.0 Å². The first kappa shape index (κ1) is 17.2. The van der Waals surface area contributed by atoms with Gasteiger partial charge in [0.25, 0.3) is 0 Å². The van der Waals surface area contributed by atoms with Gasteiger partial charge in [0, 0.05) is 37.9 Å². The van der Waals surface area contributed by atoms with Crippen molar-refractivity contribution in [1.82, 2.24) is 9.80 Å². The summed E-state index contributed by atoms with van der Waals surface area (Å²) in [5.41, 5.74) is 7.49. The number of anilines is 1. The molecule has 1 aromatic rings. The van der Waals surface area contributed by atoms with Gasteiger partial charge in [0.2, 0.25) is 5.91 Å². The quantitative estimate of drug-likeness (QED) is 0.856. The fourth-order valence-electron chi connectivity index (χ4n) is 4.00. The highest BCUT2D eigenvalue weighted by Gasteiger charge is 2.32. The number of carbonyl (C=O) groups is 1. The topological polar surface area (TPSA) is 58.8 Å². The van der Waals surface area contributed by atoms with Crippen LogP contribution in [0.2, 0.25) is 0 Å². The van der Waals surface area contributed by atoms with Crippen LogP contribution in [0.1, 0.15) is 32.3 Å². The van der Waals surface area contributed by atoms with Crippen LogP contribution in [-0.4, -0.2) is 60.1 Å². The van der Waals surface area contributed by atoms with E-state index in [4.69, 9.17) is 10.5 Å². The number of morpholine rings is 1. The number of ether oxygens (including phenoxy) is 1. The Bertz CT molecular complexity index is 550. The molecule has 2 fully saturated rings. The normalized spacial score (nSPS) is 28.2. The number of carbonyl (C=O) groups excluding carboxylic acids is 1. The summed E-state index contributed by atoms with van der Waals surface area (Å²) >= 11 is 0. The standard InChI is InChI=1S/C19H29N3O2/c1-14-11-21(12-15(2)24-14)13-18-4-3-9-22(18)19(23)10-16-5-7-17(20)8-6-16/h5-8,14-15,18H,3-4,9-13,20H2,1-2H3. The first-order valence-electron chi connectivity index (χ1n) is 9.03. The van der Waals surface area contributed by atoms with E-state index in [1.165, 1.54) is 0 Å². The van der Waals surface area contributed by atoms with Crippen molar-refractivity contribution in [2.75, 3.05) is 31.9 Å². The molecule has 2 saturated heterocycles. The molecule has 0 bridgehead atoms. The van der Waals surface area contributed by atoms with Gasteiger partial charge < -0.3 is 15.4 Å². The van der Waals surface area contributed by atoms with Crippen molar-refractivity contribution in [3.8, 4) is 0 Å². The van der Waals surface area contributed by atoms with Crippen LogP contribution < -0.4 is 5.73 Å². The Morgan fingerprint density at radius 2 is 1.88 bits per heavy atom. The Morgan fingerprint density at radius 1 is 1.21 bits per heavy atom. The van der Waals surface area contributed by atoms with E-state index in [2.05, 4.69) is 23.6 Å². The van der Waals surface area contributed by atoms with Gasteiger partial charge in [-0.2, -0.15) is 0 Å². The van der Waals surface area contributed by atoms with Gasteiger partial charge in [-0.1, -0.05) is 12.1 Å². The Labute approximate surface area is 144 Å². The molecule has 1 aromatic carbocycles. The van der Waals surface area contributed by atoms with Crippen molar-refractivity contribution in [3.63, 3.8) is 0 Å². The Kier molecular flexibility index (Phi) is 5.41. The first-order valence-corrected chi connectivity index (χ1v) is 9.03. The summed E-state index contributed by atoms with van der Waals surface area (Å²) in [6.45, 7) is 8.02. The number of rotatable bonds is 4. The highest BCUT2D eigenvalue weighted by molar-refractivity contribution is 5.79. The van der Waals surface area contributed by atoms with E-state index < -0.39 is 0 Å². The number of nitrogens with zero attached hydrogens (tertiary/aromatic N) is 2. The molecular formula is C19H29N3O2. The number of hydrogen-bond acceptors (Lipinski definition) is 4. The van der Waals surface area contributed by atoms with Crippen LogP contribution in [0.5, 0.6) is 0 Å². The van der Waals surface area contributed by atoms with Gasteiger partial charge in [0.15, 0.2) is 0 Å². The van der Waals surface area contributed by atoms with Crippen molar-refractivity contribution >= 4 is 11.6 Å². The molecule has 2 aliphatic heterocycles. The maximum absolute atomic E-state index is 12.7. The number of benzene rings is 1. The third-order valence-electron chi connectivity index (χ3n) is 5.00. The van der Waals surface area contributed by atoms with Crippen LogP contribution in [0.4, 0.5) is 5.69 Å². The number of nitrogen functional groups attached to an aromatic ring is 1. The van der Waals surface area contributed by atoms with Crippen LogP contribution in [0.15, 0.2) is 24.3 Å². The zero-order valence-electron chi connectivity index (χ0n) is 14.8. The van der Waals surface area contributed by atoms with Crippen LogP contribution in [0.25, 0.3) is 0 Å². The minimum Gasteiger partial charge on any atom is -0.399 e. The smallest absolute Gasteiger partial charge is 0.227 e. The van der Waals surface area contributed by atoms with Crippen LogP contribution in [0.3, 0.4) is 0 Å². The lowest BCUT2D eigenvalue weighted by atomic mass is 10.1. The van der Waals surface area contributed by atoms with Gasteiger partial charge in [-0.3, -0.25) is 9.69 Å². The molecule has 3 atom stereocenters. The molecule has 0 saturated carbocycles. The molecule has 3 rings (SSSR count). The Hall–Kier alpha value is -1.59. The summed E-state index contributed by atoms with van der Waals surface area (Å²) < 4.78 is 5.81. The predicted octanol–water partition coefficient (Wildman–Crippen LogP) is 1.91. The molecular weight excluding hydrogens is 302 g/mol.